The minimum absolute atomic E-state index is 0.136. The second kappa shape index (κ2) is 3.53. The van der Waals surface area contributed by atoms with Crippen molar-refractivity contribution in [3.63, 3.8) is 0 Å². The van der Waals surface area contributed by atoms with E-state index in [2.05, 4.69) is 39.0 Å². The van der Waals surface area contributed by atoms with Crippen LogP contribution in [0.5, 0.6) is 0 Å². The Labute approximate surface area is 114 Å². The average molecular weight is 257 g/mol. The predicted molar refractivity (Wildman–Crippen MR) is 79.5 cm³/mol. The smallest absolute Gasteiger partial charge is 0.140 e. The van der Waals surface area contributed by atoms with Gasteiger partial charge in [0.2, 0.25) is 0 Å². The Kier molecular flexibility index (Phi) is 2.32. The van der Waals surface area contributed by atoms with Gasteiger partial charge in [-0.05, 0) is 36.8 Å². The summed E-state index contributed by atoms with van der Waals surface area (Å²) in [6.07, 6.45) is 4.25. The summed E-state index contributed by atoms with van der Waals surface area (Å²) in [4.78, 5) is 4.89. The molecule has 3 rings (SSSR count). The van der Waals surface area contributed by atoms with Gasteiger partial charge in [-0.2, -0.15) is 0 Å². The Morgan fingerprint density at radius 1 is 1.26 bits per heavy atom. The minimum Gasteiger partial charge on any atom is -0.398 e. The number of hydrogen-bond donors (Lipinski definition) is 1. The van der Waals surface area contributed by atoms with Crippen LogP contribution in [0.15, 0.2) is 12.3 Å². The molecule has 19 heavy (non-hydrogen) atoms. The maximum atomic E-state index is 6.01. The van der Waals surface area contributed by atoms with Crippen molar-refractivity contribution < 1.29 is 0 Å². The average Bonchev–Trinajstić information content (AvgIpc) is 2.53. The molecule has 0 radical (unpaired) electrons. The van der Waals surface area contributed by atoms with Crippen LogP contribution in [0.1, 0.15) is 51.1 Å². The van der Waals surface area contributed by atoms with Crippen LogP contribution in [0.3, 0.4) is 0 Å². The molecule has 0 atom stereocenters. The summed E-state index contributed by atoms with van der Waals surface area (Å²) in [7, 11) is 0. The molecule has 2 aromatic heterocycles. The van der Waals surface area contributed by atoms with Crippen LogP contribution in [0.25, 0.3) is 5.65 Å². The number of nitrogen functional groups attached to an aromatic ring is 1. The quantitative estimate of drug-likeness (QED) is 0.785. The fourth-order valence-electron chi connectivity index (χ4n) is 4.02. The SMILES string of the molecule is Cc1cc(N)cn2c3c(nc12)CC(C)(C)CC3(C)C. The number of nitrogens with two attached hydrogens (primary N) is 1. The molecule has 2 N–H and O–H groups in total. The van der Waals surface area contributed by atoms with Crippen LogP contribution < -0.4 is 5.73 Å². The third-order valence-electron chi connectivity index (χ3n) is 4.20. The van der Waals surface area contributed by atoms with Gasteiger partial charge in [-0.3, -0.25) is 0 Å². The van der Waals surface area contributed by atoms with Gasteiger partial charge in [-0.25, -0.2) is 4.98 Å². The molecule has 3 nitrogen and oxygen atoms in total. The molecule has 0 spiro atoms. The van der Waals surface area contributed by atoms with E-state index < -0.39 is 0 Å². The number of anilines is 1. The zero-order chi connectivity index (χ0) is 14.0. The highest BCUT2D eigenvalue weighted by atomic mass is 15.0. The van der Waals surface area contributed by atoms with Crippen LogP contribution in [0.2, 0.25) is 0 Å². The summed E-state index contributed by atoms with van der Waals surface area (Å²) < 4.78 is 2.22. The fourth-order valence-corrected chi connectivity index (χ4v) is 4.02. The highest BCUT2D eigenvalue weighted by Gasteiger charge is 2.40. The van der Waals surface area contributed by atoms with Gasteiger partial charge in [0.25, 0.3) is 0 Å². The molecule has 1 aliphatic carbocycles. The normalized spacial score (nSPS) is 20.5. The molecule has 2 aromatic rings. The number of aromatic nitrogens is 2. The summed E-state index contributed by atoms with van der Waals surface area (Å²) in [6.45, 7) is 11.4. The van der Waals surface area contributed by atoms with Gasteiger partial charge in [0.15, 0.2) is 0 Å². The number of imidazole rings is 1. The van der Waals surface area contributed by atoms with Crippen molar-refractivity contribution in [1.29, 1.82) is 0 Å². The van der Waals surface area contributed by atoms with Gasteiger partial charge in [-0.15, -0.1) is 0 Å². The van der Waals surface area contributed by atoms with E-state index in [-0.39, 0.29) is 5.41 Å². The molecule has 0 aliphatic heterocycles. The van der Waals surface area contributed by atoms with Crippen molar-refractivity contribution >= 4 is 11.3 Å². The Balaban J connectivity index is 2.36. The van der Waals surface area contributed by atoms with Crippen LogP contribution in [0, 0.1) is 12.3 Å². The molecular formula is C16H23N3. The monoisotopic (exact) mass is 257 g/mol. The van der Waals surface area contributed by atoms with E-state index in [1.807, 2.05) is 12.3 Å². The van der Waals surface area contributed by atoms with E-state index in [9.17, 15) is 0 Å². The van der Waals surface area contributed by atoms with Crippen LogP contribution in [0.4, 0.5) is 5.69 Å². The first kappa shape index (κ1) is 12.5. The van der Waals surface area contributed by atoms with Gasteiger partial charge in [-0.1, -0.05) is 27.7 Å². The van der Waals surface area contributed by atoms with Crippen molar-refractivity contribution in [1.82, 2.24) is 9.38 Å². The molecule has 102 valence electrons. The molecule has 0 aromatic carbocycles. The number of pyridine rings is 1. The molecule has 0 saturated carbocycles. The number of hydrogen-bond acceptors (Lipinski definition) is 2. The molecule has 0 saturated heterocycles. The van der Waals surface area contributed by atoms with E-state index in [1.165, 1.54) is 17.8 Å². The lowest BCUT2D eigenvalue weighted by atomic mass is 9.66. The predicted octanol–water partition coefficient (Wildman–Crippen LogP) is 3.47. The maximum absolute atomic E-state index is 6.01. The molecule has 0 bridgehead atoms. The standard InChI is InChI=1S/C16H23N3/c1-10-6-11(17)8-19-13-12(18-14(10)19)7-15(2,3)9-16(13,4)5/h6,8H,7,9,17H2,1-5H3. The molecule has 0 amide bonds. The highest BCUT2D eigenvalue weighted by Crippen LogP contribution is 2.45. The summed E-state index contributed by atoms with van der Waals surface area (Å²) in [5.74, 6) is 0. The second-order valence-corrected chi connectivity index (χ2v) is 7.46. The fraction of sp³-hybridized carbons (Fsp3) is 0.562. The molecule has 3 heteroatoms. The van der Waals surface area contributed by atoms with Crippen molar-refractivity contribution in [3.8, 4) is 0 Å². The number of rotatable bonds is 0. The van der Waals surface area contributed by atoms with E-state index in [1.54, 1.807) is 0 Å². The zero-order valence-corrected chi connectivity index (χ0v) is 12.5. The molecule has 0 fully saturated rings. The summed E-state index contributed by atoms with van der Waals surface area (Å²) in [5, 5.41) is 0. The van der Waals surface area contributed by atoms with Crippen molar-refractivity contribution in [3.05, 3.63) is 29.2 Å². The lowest BCUT2D eigenvalue weighted by Crippen LogP contribution is -2.35. The first-order valence-corrected chi connectivity index (χ1v) is 6.97. The molecule has 2 heterocycles. The highest BCUT2D eigenvalue weighted by molar-refractivity contribution is 5.58. The van der Waals surface area contributed by atoms with Crippen molar-refractivity contribution in [2.45, 2.75) is 52.9 Å². The van der Waals surface area contributed by atoms with Crippen LogP contribution in [-0.4, -0.2) is 9.38 Å². The number of fused-ring (bicyclic) bond motifs is 3. The minimum atomic E-state index is 0.136. The lowest BCUT2D eigenvalue weighted by molar-refractivity contribution is 0.224. The Bertz CT molecular complexity index is 662. The van der Waals surface area contributed by atoms with E-state index in [0.717, 1.165) is 23.3 Å². The number of aryl methyl sites for hydroxylation is 1. The molecule has 0 unspecified atom stereocenters. The summed E-state index contributed by atoms with van der Waals surface area (Å²) in [6, 6.07) is 2.01. The Morgan fingerprint density at radius 2 is 1.95 bits per heavy atom. The lowest BCUT2D eigenvalue weighted by Gasteiger charge is -2.40. The van der Waals surface area contributed by atoms with Crippen molar-refractivity contribution in [2.75, 3.05) is 5.73 Å². The number of nitrogens with zero attached hydrogens (tertiary/aromatic N) is 2. The van der Waals surface area contributed by atoms with E-state index >= 15 is 0 Å². The van der Waals surface area contributed by atoms with E-state index in [4.69, 9.17) is 10.7 Å². The maximum Gasteiger partial charge on any atom is 0.140 e. The first-order chi connectivity index (χ1) is 8.70. The Hall–Kier alpha value is -1.51. The van der Waals surface area contributed by atoms with E-state index in [0.29, 0.717) is 5.41 Å². The summed E-state index contributed by atoms with van der Waals surface area (Å²) >= 11 is 0. The van der Waals surface area contributed by atoms with Gasteiger partial charge in [0, 0.05) is 17.3 Å². The third kappa shape index (κ3) is 1.83. The summed E-state index contributed by atoms with van der Waals surface area (Å²) in [5.41, 5.74) is 12.1. The largest absolute Gasteiger partial charge is 0.398 e. The van der Waals surface area contributed by atoms with Crippen molar-refractivity contribution in [2.24, 2.45) is 5.41 Å². The van der Waals surface area contributed by atoms with Gasteiger partial charge >= 0.3 is 0 Å². The van der Waals surface area contributed by atoms with Gasteiger partial charge in [0.05, 0.1) is 11.4 Å². The molecular weight excluding hydrogens is 234 g/mol. The van der Waals surface area contributed by atoms with Crippen LogP contribution in [-0.2, 0) is 11.8 Å². The first-order valence-electron chi connectivity index (χ1n) is 6.97. The molecule has 1 aliphatic rings. The Morgan fingerprint density at radius 3 is 2.63 bits per heavy atom. The third-order valence-corrected chi connectivity index (χ3v) is 4.20. The van der Waals surface area contributed by atoms with Crippen LogP contribution >= 0.6 is 0 Å². The van der Waals surface area contributed by atoms with Gasteiger partial charge in [0.1, 0.15) is 5.65 Å². The topological polar surface area (TPSA) is 43.3 Å². The zero-order valence-electron chi connectivity index (χ0n) is 12.5. The second-order valence-electron chi connectivity index (χ2n) is 7.46. The van der Waals surface area contributed by atoms with Gasteiger partial charge < -0.3 is 10.1 Å².